The van der Waals surface area contributed by atoms with Crippen LogP contribution < -0.4 is 0 Å². The number of aryl methyl sites for hydroxylation is 2. The Hall–Kier alpha value is -1.85. The van der Waals surface area contributed by atoms with Crippen LogP contribution in [0.2, 0.25) is 0 Å². The first-order valence-corrected chi connectivity index (χ1v) is 9.19. The Labute approximate surface area is 143 Å². The Morgan fingerprint density at radius 3 is 2.42 bits per heavy atom. The second-order valence-corrected chi connectivity index (χ2v) is 7.07. The number of aromatic nitrogens is 2. The van der Waals surface area contributed by atoms with Crippen LogP contribution in [-0.4, -0.2) is 57.6 Å². The van der Waals surface area contributed by atoms with Gasteiger partial charge in [0, 0.05) is 51.3 Å². The summed E-state index contributed by atoms with van der Waals surface area (Å²) < 4.78 is 1.82. The van der Waals surface area contributed by atoms with Crippen LogP contribution in [0.25, 0.3) is 0 Å². The number of rotatable bonds is 4. The summed E-state index contributed by atoms with van der Waals surface area (Å²) in [5.41, 5.74) is 1.11. The fourth-order valence-corrected chi connectivity index (χ4v) is 3.71. The molecule has 0 aromatic carbocycles. The SMILES string of the molecule is Cc1cnn(CCC(=O)N2CCC(C(=O)N3CCCCC3)CC2)c1. The van der Waals surface area contributed by atoms with Crippen molar-refractivity contribution in [3.63, 3.8) is 0 Å². The minimum absolute atomic E-state index is 0.112. The van der Waals surface area contributed by atoms with E-state index in [9.17, 15) is 9.59 Å². The van der Waals surface area contributed by atoms with Crippen molar-refractivity contribution < 1.29 is 9.59 Å². The summed E-state index contributed by atoms with van der Waals surface area (Å²) in [5, 5.41) is 4.22. The zero-order chi connectivity index (χ0) is 16.9. The van der Waals surface area contributed by atoms with Crippen LogP contribution in [0.15, 0.2) is 12.4 Å². The second kappa shape index (κ2) is 7.81. The third-order valence-corrected chi connectivity index (χ3v) is 5.18. The van der Waals surface area contributed by atoms with E-state index in [2.05, 4.69) is 5.10 Å². The highest BCUT2D eigenvalue weighted by Gasteiger charge is 2.30. The molecule has 2 fully saturated rings. The molecule has 1 aromatic heterocycles. The van der Waals surface area contributed by atoms with Crippen molar-refractivity contribution >= 4 is 11.8 Å². The zero-order valence-corrected chi connectivity index (χ0v) is 14.6. The molecule has 2 aliphatic rings. The summed E-state index contributed by atoms with van der Waals surface area (Å²) in [6, 6.07) is 0. The Morgan fingerprint density at radius 1 is 1.08 bits per heavy atom. The molecule has 0 spiro atoms. The normalized spacial score (nSPS) is 19.5. The highest BCUT2D eigenvalue weighted by atomic mass is 16.2. The Balaban J connectivity index is 1.42. The molecule has 2 amide bonds. The molecule has 0 N–H and O–H groups in total. The topological polar surface area (TPSA) is 58.4 Å². The summed E-state index contributed by atoms with van der Waals surface area (Å²) in [6.45, 7) is 5.87. The summed E-state index contributed by atoms with van der Waals surface area (Å²) in [5.74, 6) is 0.599. The van der Waals surface area contributed by atoms with Gasteiger partial charge in [-0.05, 0) is 44.6 Å². The summed E-state index contributed by atoms with van der Waals surface area (Å²) in [4.78, 5) is 28.8. The predicted molar refractivity (Wildman–Crippen MR) is 91.3 cm³/mol. The van der Waals surface area contributed by atoms with Crippen molar-refractivity contribution in [2.75, 3.05) is 26.2 Å². The monoisotopic (exact) mass is 332 g/mol. The molecule has 132 valence electrons. The van der Waals surface area contributed by atoms with Gasteiger partial charge in [0.25, 0.3) is 0 Å². The number of nitrogens with zero attached hydrogens (tertiary/aromatic N) is 4. The molecular formula is C18H28N4O2. The van der Waals surface area contributed by atoms with Crippen LogP contribution in [0.4, 0.5) is 0 Å². The number of carbonyl (C=O) groups is 2. The van der Waals surface area contributed by atoms with Crippen LogP contribution in [-0.2, 0) is 16.1 Å². The van der Waals surface area contributed by atoms with Gasteiger partial charge < -0.3 is 9.80 Å². The Bertz CT molecular complexity index is 569. The van der Waals surface area contributed by atoms with Gasteiger partial charge in [-0.25, -0.2) is 0 Å². The summed E-state index contributed by atoms with van der Waals surface area (Å²) in [6.07, 6.45) is 9.37. The van der Waals surface area contributed by atoms with Crippen molar-refractivity contribution in [1.29, 1.82) is 0 Å². The largest absolute Gasteiger partial charge is 0.343 e. The second-order valence-electron chi connectivity index (χ2n) is 7.07. The van der Waals surface area contributed by atoms with Gasteiger partial charge in [0.15, 0.2) is 0 Å². The van der Waals surface area contributed by atoms with Gasteiger partial charge in [0.1, 0.15) is 0 Å². The maximum absolute atomic E-state index is 12.6. The molecule has 6 nitrogen and oxygen atoms in total. The van der Waals surface area contributed by atoms with Gasteiger partial charge >= 0.3 is 0 Å². The molecule has 6 heteroatoms. The number of hydrogen-bond acceptors (Lipinski definition) is 3. The van der Waals surface area contributed by atoms with Gasteiger partial charge in [0.2, 0.25) is 11.8 Å². The Morgan fingerprint density at radius 2 is 1.79 bits per heavy atom. The van der Waals surface area contributed by atoms with E-state index in [1.807, 2.05) is 33.8 Å². The standard InChI is InChI=1S/C18H28N4O2/c1-15-13-19-22(14-15)12-7-17(23)20-10-5-16(6-11-20)18(24)21-8-3-2-4-9-21/h13-14,16H,2-12H2,1H3. The smallest absolute Gasteiger partial charge is 0.225 e. The third kappa shape index (κ3) is 4.16. The van der Waals surface area contributed by atoms with Gasteiger partial charge in [-0.15, -0.1) is 0 Å². The first-order valence-electron chi connectivity index (χ1n) is 9.19. The summed E-state index contributed by atoms with van der Waals surface area (Å²) in [7, 11) is 0. The first kappa shape index (κ1) is 17.0. The first-order chi connectivity index (χ1) is 11.6. The minimum Gasteiger partial charge on any atom is -0.343 e. The van der Waals surface area contributed by atoms with Crippen molar-refractivity contribution in [2.24, 2.45) is 5.92 Å². The molecule has 24 heavy (non-hydrogen) atoms. The number of carbonyl (C=O) groups excluding carboxylic acids is 2. The maximum atomic E-state index is 12.6. The molecule has 0 radical (unpaired) electrons. The molecule has 0 saturated carbocycles. The molecule has 3 heterocycles. The Kier molecular flexibility index (Phi) is 5.53. The van der Waals surface area contributed by atoms with Crippen molar-refractivity contribution in [1.82, 2.24) is 19.6 Å². The van der Waals surface area contributed by atoms with E-state index >= 15 is 0 Å². The molecule has 3 rings (SSSR count). The van der Waals surface area contributed by atoms with Gasteiger partial charge in [-0.2, -0.15) is 5.10 Å². The van der Waals surface area contributed by atoms with Gasteiger partial charge in [-0.1, -0.05) is 0 Å². The van der Waals surface area contributed by atoms with Crippen molar-refractivity contribution in [3.8, 4) is 0 Å². The van der Waals surface area contributed by atoms with Crippen LogP contribution in [0.3, 0.4) is 0 Å². The fraction of sp³-hybridized carbons (Fsp3) is 0.722. The average molecular weight is 332 g/mol. The molecule has 1 aromatic rings. The third-order valence-electron chi connectivity index (χ3n) is 5.18. The van der Waals surface area contributed by atoms with E-state index in [0.717, 1.165) is 44.3 Å². The maximum Gasteiger partial charge on any atom is 0.225 e. The molecule has 2 aliphatic heterocycles. The van der Waals surface area contributed by atoms with Crippen LogP contribution in [0.1, 0.15) is 44.1 Å². The number of piperidine rings is 2. The average Bonchev–Trinajstić information content (AvgIpc) is 3.05. The number of hydrogen-bond donors (Lipinski definition) is 0. The van der Waals surface area contributed by atoms with E-state index in [4.69, 9.17) is 0 Å². The highest BCUT2D eigenvalue weighted by molar-refractivity contribution is 5.80. The van der Waals surface area contributed by atoms with Crippen LogP contribution in [0.5, 0.6) is 0 Å². The molecule has 0 atom stereocenters. The number of likely N-dealkylation sites (tertiary alicyclic amines) is 2. The molecule has 0 unspecified atom stereocenters. The van der Waals surface area contributed by atoms with Crippen LogP contribution in [0, 0.1) is 12.8 Å². The highest BCUT2D eigenvalue weighted by Crippen LogP contribution is 2.22. The lowest BCUT2D eigenvalue weighted by Gasteiger charge is -2.35. The van der Waals surface area contributed by atoms with E-state index < -0.39 is 0 Å². The quantitative estimate of drug-likeness (QED) is 0.845. The molecule has 2 saturated heterocycles. The lowest BCUT2D eigenvalue weighted by Crippen LogP contribution is -2.45. The summed E-state index contributed by atoms with van der Waals surface area (Å²) >= 11 is 0. The van der Waals surface area contributed by atoms with Crippen molar-refractivity contribution in [2.45, 2.75) is 52.0 Å². The number of amides is 2. The predicted octanol–water partition coefficient (Wildman–Crippen LogP) is 1.83. The lowest BCUT2D eigenvalue weighted by atomic mass is 9.94. The van der Waals surface area contributed by atoms with E-state index in [1.54, 1.807) is 0 Å². The molecule has 0 aliphatic carbocycles. The van der Waals surface area contributed by atoms with Crippen molar-refractivity contribution in [3.05, 3.63) is 18.0 Å². The van der Waals surface area contributed by atoms with E-state index in [0.29, 0.717) is 32.0 Å². The van der Waals surface area contributed by atoms with Gasteiger partial charge in [0.05, 0.1) is 6.20 Å². The molecular weight excluding hydrogens is 304 g/mol. The van der Waals surface area contributed by atoms with Crippen LogP contribution >= 0.6 is 0 Å². The zero-order valence-electron chi connectivity index (χ0n) is 14.6. The molecule has 0 bridgehead atoms. The lowest BCUT2D eigenvalue weighted by molar-refractivity contribution is -0.141. The van der Waals surface area contributed by atoms with E-state index in [1.165, 1.54) is 6.42 Å². The van der Waals surface area contributed by atoms with Gasteiger partial charge in [-0.3, -0.25) is 14.3 Å². The minimum atomic E-state index is 0.112. The fourth-order valence-electron chi connectivity index (χ4n) is 3.71. The van der Waals surface area contributed by atoms with E-state index in [-0.39, 0.29) is 11.8 Å².